The average molecular weight is 1880 g/mol. The molecule has 5 aliphatic heterocycles. The van der Waals surface area contributed by atoms with Gasteiger partial charge in [-0.25, -0.2) is 0 Å². The summed E-state index contributed by atoms with van der Waals surface area (Å²) in [6, 6.07) is 28.5. The maximum Gasteiger partial charge on any atom is 1.00 e. The number of aryl methyl sites for hydroxylation is 3. The van der Waals surface area contributed by atoms with Gasteiger partial charge in [-0.1, -0.05) is 125 Å². The van der Waals surface area contributed by atoms with Gasteiger partial charge in [-0.05, 0) is 123 Å². The van der Waals surface area contributed by atoms with E-state index in [0.717, 1.165) is 172 Å². The summed E-state index contributed by atoms with van der Waals surface area (Å²) in [7, 11) is 0. The number of alkyl halides is 3. The zero-order valence-electron chi connectivity index (χ0n) is 50.5. The molecule has 0 saturated carbocycles. The number of ether oxygens (including phenoxy) is 2. The Morgan fingerprint density at radius 1 is 0.568 bits per heavy atom. The third-order valence-electron chi connectivity index (χ3n) is 13.5. The summed E-state index contributed by atoms with van der Waals surface area (Å²) in [5.74, 6) is 2.04. The largest absolute Gasteiger partial charge is 1.00 e. The summed E-state index contributed by atoms with van der Waals surface area (Å²) < 4.78 is 11.5. The van der Waals surface area contributed by atoms with Crippen LogP contribution in [-0.4, -0.2) is 122 Å². The Balaban J connectivity index is 0.000000577. The predicted octanol–water partition coefficient (Wildman–Crippen LogP) is 5.55. The van der Waals surface area contributed by atoms with Gasteiger partial charge in [-0.3, -0.25) is 24.1 Å². The van der Waals surface area contributed by atoms with Gasteiger partial charge in [-0.2, -0.15) is 0 Å². The van der Waals surface area contributed by atoms with E-state index in [1.165, 1.54) is 24.0 Å². The molecule has 0 atom stereocenters. The number of hydrogen-bond acceptors (Lipinski definition) is 13. The van der Waals surface area contributed by atoms with Gasteiger partial charge >= 0.3 is 153 Å². The number of anilines is 5. The molecule has 3 amide bonds. The number of carbonyl (C=O) groups excluding carboxylic acids is 4. The molecule has 5 N–H and O–H groups in total. The first kappa shape index (κ1) is 85.0. The molecule has 476 valence electrons. The Bertz CT molecular complexity index is 2870. The predicted molar refractivity (Wildman–Crippen MR) is 375 cm³/mol. The van der Waals surface area contributed by atoms with Crippen LogP contribution in [0.25, 0.3) is 0 Å². The third kappa shape index (κ3) is 33.3. The number of piperazine rings is 2. The van der Waals surface area contributed by atoms with Crippen molar-refractivity contribution in [1.29, 1.82) is 0 Å². The average Bonchev–Trinajstić information content (AvgIpc) is 3.73. The summed E-state index contributed by atoms with van der Waals surface area (Å²) in [6.07, 6.45) is 10.9. The van der Waals surface area contributed by atoms with Crippen molar-refractivity contribution < 1.29 is 161 Å². The van der Waals surface area contributed by atoms with E-state index >= 15 is 0 Å². The molecule has 0 radical (unpaired) electrons. The first-order valence-electron chi connectivity index (χ1n) is 28.0. The smallest absolute Gasteiger partial charge is 1.00 e. The first-order valence-corrected chi connectivity index (χ1v) is 45.4. The van der Waals surface area contributed by atoms with Crippen LogP contribution in [0.2, 0.25) is 20.1 Å². The van der Waals surface area contributed by atoms with E-state index < -0.39 is 0 Å². The van der Waals surface area contributed by atoms with Gasteiger partial charge in [0, 0.05) is 123 Å². The number of benzene rings is 5. The van der Waals surface area contributed by atoms with Crippen molar-refractivity contribution in [2.45, 2.75) is 77.0 Å². The normalized spacial score (nSPS) is 14.4. The molecule has 2 fully saturated rings. The van der Waals surface area contributed by atoms with Gasteiger partial charge in [0.2, 0.25) is 17.7 Å². The van der Waals surface area contributed by atoms with Crippen molar-refractivity contribution >= 4 is 184 Å². The molecule has 10 rings (SSSR count). The number of halogens is 10. The quantitative estimate of drug-likeness (QED) is 0.0148. The van der Waals surface area contributed by atoms with Crippen molar-refractivity contribution in [3.05, 3.63) is 128 Å². The standard InChI is InChI=1S/C23H27Cl2N3O2.C13H16BrNO2.C10H12Cl2N2.C9H9NO2.C4H8Br2.CH2O3.I3.2K.H/c24-19-4-3-5-21(23(19)25)28-13-11-27(12-14-28)10-1-2-15-30-18-8-6-17-7-9-22(29)26-20(17)16-18;14-7-1-2-8-17-11-5-3-10-4-6-13(16)15-12(10)9-11;11-8-2-1-3-9(10(8)12)14-6-4-13-5-7-14;11-7-3-1-6-2-4-9(12)10-8(6)5-7;5-3-1-2-4-6;2-1-4-3;1-3-2;;;/h3-6,8,16H,1-2,7,9-15H2,(H,26,29);3,5,9H,1-2,4,6-8H2,(H,15,16);1-3,13H,4-7H2;1,3,5,11H,2,4H2,(H,10,12);1-4H2;1,3H;;;;/q;;;;;;-1;2*+1;-1/p-1. The summed E-state index contributed by atoms with van der Waals surface area (Å²) in [6.45, 7) is 10.2. The van der Waals surface area contributed by atoms with E-state index in [2.05, 4.69) is 132 Å². The van der Waals surface area contributed by atoms with Crippen LogP contribution in [0.3, 0.4) is 0 Å². The number of rotatable bonds is 17. The second-order valence-corrected chi connectivity index (χ2v) is 39.7. The number of hydrogen-bond donors (Lipinski definition) is 5. The molecule has 88 heavy (non-hydrogen) atoms. The molecule has 28 heteroatoms. The van der Waals surface area contributed by atoms with E-state index in [1.54, 1.807) is 12.1 Å². The fraction of sp³-hybridized carbons (Fsp3) is 0.433. The van der Waals surface area contributed by atoms with E-state index in [0.29, 0.717) is 59.2 Å². The summed E-state index contributed by atoms with van der Waals surface area (Å²) in [5, 5.41) is 35.2. The zero-order chi connectivity index (χ0) is 62.5. The van der Waals surface area contributed by atoms with Gasteiger partial charge in [0.05, 0.1) is 44.7 Å². The van der Waals surface area contributed by atoms with Crippen LogP contribution < -0.4 is 162 Å². The molecule has 5 heterocycles. The number of carbonyl (C=O) groups is 4. The van der Waals surface area contributed by atoms with Gasteiger partial charge in [0.15, 0.2) is 0 Å². The fourth-order valence-corrected chi connectivity index (χ4v) is 11.1. The summed E-state index contributed by atoms with van der Waals surface area (Å²) in [5.41, 5.74) is 8.07. The first-order chi connectivity index (χ1) is 41.7. The van der Waals surface area contributed by atoms with Gasteiger partial charge < -0.3 is 57.2 Å². The SMILES string of the molecule is BrCCCCBr.Clc1cccc(N2CCNCC2)c1Cl.I[I-]I.O=C1CCc2ccc(O)cc2N1.O=C1CCc2ccc(OCCCCBr)cc2N1.O=C1CCc2ccc(OCCCCN3CCN(c4cccc(Cl)c4Cl)CC3)cc2N1.O=CO[O-].[H-].[K+].[K+]. The van der Waals surface area contributed by atoms with E-state index in [1.807, 2.05) is 72.8 Å². The maximum atomic E-state index is 11.5. The molecule has 0 aromatic heterocycles. The summed E-state index contributed by atoms with van der Waals surface area (Å²) in [4.78, 5) is 52.1. The van der Waals surface area contributed by atoms with Crippen LogP contribution >= 0.6 is 131 Å². The molecule has 5 aliphatic rings. The number of unbranched alkanes of at least 4 members (excludes halogenated alkanes) is 3. The second-order valence-electron chi connectivity index (χ2n) is 19.5. The van der Waals surface area contributed by atoms with Crippen LogP contribution in [0.4, 0.5) is 28.4 Å². The fourth-order valence-electron chi connectivity index (χ4n) is 9.04. The molecule has 5 aromatic carbocycles. The Morgan fingerprint density at radius 3 is 1.38 bits per heavy atom. The number of phenols is 1. The van der Waals surface area contributed by atoms with Gasteiger partial charge in [0.25, 0.3) is 6.47 Å². The van der Waals surface area contributed by atoms with E-state index in [9.17, 15) is 14.4 Å². The Labute approximate surface area is 680 Å². The Morgan fingerprint density at radius 2 is 0.955 bits per heavy atom. The molecule has 16 nitrogen and oxygen atoms in total. The minimum atomic E-state index is -0.181. The number of fused-ring (bicyclic) bond motifs is 3. The number of nitrogens with one attached hydrogen (secondary N) is 4. The van der Waals surface area contributed by atoms with Gasteiger partial charge in [-0.15, -0.1) is 0 Å². The van der Waals surface area contributed by atoms with Gasteiger partial charge in [0.1, 0.15) is 17.2 Å². The van der Waals surface area contributed by atoms with Crippen LogP contribution in [-0.2, 0) is 43.3 Å². The summed E-state index contributed by atoms with van der Waals surface area (Å²) >= 11 is 39.9. The molecule has 0 bridgehead atoms. The molecular weight excluding hydrogens is 1800 g/mol. The second kappa shape index (κ2) is 51.2. The number of nitrogens with zero attached hydrogens (tertiary/aromatic N) is 3. The number of phenolic OH excluding ortho intramolecular Hbond substituents is 1. The van der Waals surface area contributed by atoms with E-state index in [4.69, 9.17) is 71.0 Å². The number of amides is 3. The minimum Gasteiger partial charge on any atom is -1.00 e. The van der Waals surface area contributed by atoms with Crippen molar-refractivity contribution in [2.75, 3.05) is 114 Å². The molecule has 0 unspecified atom stereocenters. The topological polar surface area (TPSA) is 197 Å². The molecule has 0 aliphatic carbocycles. The Hall–Kier alpha value is 0.923. The van der Waals surface area contributed by atoms with Crippen LogP contribution in [0.1, 0.15) is 75.9 Å². The zero-order valence-corrected chi connectivity index (χ0v) is 70.0. The van der Waals surface area contributed by atoms with Crippen LogP contribution in [0.5, 0.6) is 17.2 Å². The third-order valence-corrected chi connectivity index (χ3v) is 16.8. The number of aromatic hydroxyl groups is 1. The van der Waals surface area contributed by atoms with Crippen molar-refractivity contribution in [1.82, 2.24) is 10.2 Å². The van der Waals surface area contributed by atoms with Crippen LogP contribution in [0, 0.1) is 0 Å². The van der Waals surface area contributed by atoms with Crippen molar-refractivity contribution in [2.24, 2.45) is 0 Å². The maximum absolute atomic E-state index is 11.5. The molecule has 2 saturated heterocycles. The Kier molecular flexibility index (Phi) is 49.4. The minimum absolute atomic E-state index is 0. The van der Waals surface area contributed by atoms with Crippen LogP contribution in [0.15, 0.2) is 91.0 Å². The molecular formula is C60H74Br3Cl4I3K2N7O9-. The van der Waals surface area contributed by atoms with E-state index in [-0.39, 0.29) is 134 Å². The monoisotopic (exact) mass is 1870 g/mol. The molecule has 5 aromatic rings. The molecule has 0 spiro atoms. The van der Waals surface area contributed by atoms with Crippen molar-refractivity contribution in [3.63, 3.8) is 0 Å². The van der Waals surface area contributed by atoms with Crippen molar-refractivity contribution in [3.8, 4) is 17.2 Å².